The van der Waals surface area contributed by atoms with Gasteiger partial charge in [-0.25, -0.2) is 4.99 Å². The molecule has 0 aromatic heterocycles. The van der Waals surface area contributed by atoms with Gasteiger partial charge in [0.2, 0.25) is 0 Å². The Morgan fingerprint density at radius 1 is 1.14 bits per heavy atom. The van der Waals surface area contributed by atoms with E-state index < -0.39 is 0 Å². The summed E-state index contributed by atoms with van der Waals surface area (Å²) in [5.41, 5.74) is 3.47. The third kappa shape index (κ3) is 4.07. The van der Waals surface area contributed by atoms with Crippen LogP contribution in [0.1, 0.15) is 23.7 Å². The van der Waals surface area contributed by atoms with Crippen LogP contribution in [0.15, 0.2) is 71.5 Å². The number of nitrogens with zero attached hydrogens (tertiary/aromatic N) is 4. The Morgan fingerprint density at radius 2 is 1.97 bits per heavy atom. The van der Waals surface area contributed by atoms with Crippen LogP contribution in [0.25, 0.3) is 0 Å². The molecular formula is C23H28N4O2. The van der Waals surface area contributed by atoms with E-state index >= 15 is 0 Å². The molecule has 29 heavy (non-hydrogen) atoms. The summed E-state index contributed by atoms with van der Waals surface area (Å²) < 4.78 is 5.45. The highest BCUT2D eigenvalue weighted by atomic mass is 16.5. The monoisotopic (exact) mass is 392 g/mol. The lowest BCUT2D eigenvalue weighted by molar-refractivity contribution is 0.212. The van der Waals surface area contributed by atoms with Crippen LogP contribution < -0.4 is 4.74 Å². The lowest BCUT2D eigenvalue weighted by atomic mass is 10.1. The summed E-state index contributed by atoms with van der Waals surface area (Å²) in [6, 6.07) is 18.6. The Kier molecular flexibility index (Phi) is 5.71. The van der Waals surface area contributed by atoms with Crippen LogP contribution in [-0.2, 0) is 6.54 Å². The summed E-state index contributed by atoms with van der Waals surface area (Å²) in [7, 11) is 3.77. The average molecular weight is 393 g/mol. The van der Waals surface area contributed by atoms with Gasteiger partial charge >= 0.3 is 0 Å². The quantitative estimate of drug-likeness (QED) is 0.785. The molecule has 0 spiro atoms. The summed E-state index contributed by atoms with van der Waals surface area (Å²) in [4.78, 5) is 11.9. The molecule has 0 radical (unpaired) electrons. The normalized spacial score (nSPS) is 18.4. The molecule has 1 unspecified atom stereocenters. The minimum Gasteiger partial charge on any atom is -0.497 e. The molecular weight excluding hydrogens is 364 g/mol. The lowest BCUT2D eigenvalue weighted by Crippen LogP contribution is -2.44. The van der Waals surface area contributed by atoms with Crippen LogP contribution >= 0.6 is 0 Å². The Labute approximate surface area is 172 Å². The smallest absolute Gasteiger partial charge is 0.152 e. The number of aliphatic imine (C=N–C) groups is 1. The topological polar surface area (TPSA) is 51.5 Å². The number of likely N-dealkylation sites (N-methyl/N-ethyl adjacent to an activating group) is 1. The van der Waals surface area contributed by atoms with Gasteiger partial charge in [0.05, 0.1) is 19.5 Å². The first-order valence-electron chi connectivity index (χ1n) is 10.00. The van der Waals surface area contributed by atoms with Crippen LogP contribution in [-0.4, -0.2) is 59.6 Å². The van der Waals surface area contributed by atoms with E-state index in [4.69, 9.17) is 9.73 Å². The number of hydrogen-bond donors (Lipinski definition) is 1. The predicted molar refractivity (Wildman–Crippen MR) is 114 cm³/mol. The summed E-state index contributed by atoms with van der Waals surface area (Å²) in [5, 5.41) is 9.23. The first-order valence-corrected chi connectivity index (χ1v) is 10.00. The fraction of sp³-hybridized carbons (Fsp3) is 0.348. The summed E-state index contributed by atoms with van der Waals surface area (Å²) in [6.45, 7) is 2.56. The number of fused-ring (bicyclic) bond motifs is 1. The van der Waals surface area contributed by atoms with Crippen molar-refractivity contribution in [1.29, 1.82) is 0 Å². The van der Waals surface area contributed by atoms with Crippen molar-refractivity contribution in [3.8, 4) is 5.75 Å². The second-order valence-electron chi connectivity index (χ2n) is 7.46. The third-order valence-corrected chi connectivity index (χ3v) is 5.33. The fourth-order valence-corrected chi connectivity index (χ4v) is 3.91. The number of aliphatic hydroxyl groups excluding tert-OH is 1. The number of hydrogen-bond acceptors (Lipinski definition) is 6. The number of benzene rings is 2. The molecule has 4 rings (SSSR count). The SMILES string of the molecule is COc1cccc(C2N=C3C(=CN(CCCO)CN3C)N2Cc2ccccc2)c1. The van der Waals surface area contributed by atoms with Gasteiger partial charge in [-0.15, -0.1) is 0 Å². The van der Waals surface area contributed by atoms with E-state index in [0.29, 0.717) is 0 Å². The van der Waals surface area contributed by atoms with Gasteiger partial charge < -0.3 is 24.5 Å². The van der Waals surface area contributed by atoms with E-state index in [9.17, 15) is 5.11 Å². The van der Waals surface area contributed by atoms with E-state index in [2.05, 4.69) is 64.3 Å². The van der Waals surface area contributed by atoms with Gasteiger partial charge in [0.25, 0.3) is 0 Å². The van der Waals surface area contributed by atoms with Crippen molar-refractivity contribution in [2.75, 3.05) is 34.0 Å². The van der Waals surface area contributed by atoms with Gasteiger partial charge in [-0.3, -0.25) is 0 Å². The van der Waals surface area contributed by atoms with Crippen molar-refractivity contribution in [3.05, 3.63) is 77.6 Å². The zero-order valence-electron chi connectivity index (χ0n) is 17.0. The van der Waals surface area contributed by atoms with Crippen molar-refractivity contribution in [2.45, 2.75) is 19.1 Å². The molecule has 2 aromatic carbocycles. The number of rotatable bonds is 7. The molecule has 0 fully saturated rings. The van der Waals surface area contributed by atoms with Crippen LogP contribution in [0.5, 0.6) is 5.75 Å². The number of amidine groups is 1. The first kappa shape index (κ1) is 19.3. The third-order valence-electron chi connectivity index (χ3n) is 5.33. The second kappa shape index (κ2) is 8.57. The molecule has 0 saturated heterocycles. The zero-order valence-corrected chi connectivity index (χ0v) is 17.0. The molecule has 0 aliphatic carbocycles. The van der Waals surface area contributed by atoms with E-state index in [1.807, 2.05) is 18.2 Å². The Balaban J connectivity index is 1.71. The van der Waals surface area contributed by atoms with E-state index in [1.165, 1.54) is 5.56 Å². The minimum atomic E-state index is -0.105. The molecule has 2 aliphatic heterocycles. The molecule has 2 heterocycles. The molecule has 1 N–H and O–H groups in total. The van der Waals surface area contributed by atoms with Crippen LogP contribution in [0, 0.1) is 0 Å². The highest BCUT2D eigenvalue weighted by Crippen LogP contribution is 2.38. The summed E-state index contributed by atoms with van der Waals surface area (Å²) in [5.74, 6) is 1.85. The molecule has 0 saturated carbocycles. The van der Waals surface area contributed by atoms with Gasteiger partial charge in [0, 0.05) is 38.5 Å². The molecule has 6 nitrogen and oxygen atoms in total. The van der Waals surface area contributed by atoms with Crippen LogP contribution in [0.3, 0.4) is 0 Å². The zero-order chi connectivity index (χ0) is 20.2. The molecule has 2 aliphatic rings. The molecule has 152 valence electrons. The Bertz CT molecular complexity index is 897. The van der Waals surface area contributed by atoms with Gasteiger partial charge in [0.1, 0.15) is 11.9 Å². The number of methoxy groups -OCH3 is 1. The standard InChI is InChI=1S/C23H28N4O2/c1-25-17-26(12-7-13-28)16-21-23(25)24-22(19-10-6-11-20(14-19)29-2)27(21)15-18-8-4-3-5-9-18/h3-6,8-11,14,16,22,28H,7,12-13,15,17H2,1-2H3. The van der Waals surface area contributed by atoms with Crippen molar-refractivity contribution in [3.63, 3.8) is 0 Å². The lowest BCUT2D eigenvalue weighted by Gasteiger charge is -2.36. The summed E-state index contributed by atoms with van der Waals surface area (Å²) in [6.07, 6.45) is 2.84. The number of aliphatic hydroxyl groups is 1. The number of ether oxygens (including phenoxy) is 1. The predicted octanol–water partition coefficient (Wildman–Crippen LogP) is 3.04. The fourth-order valence-electron chi connectivity index (χ4n) is 3.91. The van der Waals surface area contributed by atoms with Gasteiger partial charge in [-0.2, -0.15) is 0 Å². The van der Waals surface area contributed by atoms with Gasteiger partial charge in [-0.1, -0.05) is 42.5 Å². The molecule has 6 heteroatoms. The van der Waals surface area contributed by atoms with Crippen LogP contribution in [0.2, 0.25) is 0 Å². The van der Waals surface area contributed by atoms with Crippen molar-refractivity contribution in [1.82, 2.24) is 14.7 Å². The van der Waals surface area contributed by atoms with Crippen LogP contribution in [0.4, 0.5) is 0 Å². The van der Waals surface area contributed by atoms with Crippen molar-refractivity contribution in [2.24, 2.45) is 4.99 Å². The van der Waals surface area contributed by atoms with Gasteiger partial charge in [-0.05, 0) is 24.1 Å². The maximum atomic E-state index is 9.23. The van der Waals surface area contributed by atoms with Crippen molar-refractivity contribution >= 4 is 5.84 Å². The molecule has 2 aromatic rings. The largest absolute Gasteiger partial charge is 0.497 e. The average Bonchev–Trinajstić information content (AvgIpc) is 3.12. The molecule has 0 amide bonds. The minimum absolute atomic E-state index is 0.105. The first-order chi connectivity index (χ1) is 14.2. The molecule has 0 bridgehead atoms. The maximum absolute atomic E-state index is 9.23. The Hall–Kier alpha value is -2.99. The maximum Gasteiger partial charge on any atom is 0.152 e. The molecule has 1 atom stereocenters. The highest BCUT2D eigenvalue weighted by molar-refractivity contribution is 6.00. The Morgan fingerprint density at radius 3 is 2.72 bits per heavy atom. The second-order valence-corrected chi connectivity index (χ2v) is 7.46. The van der Waals surface area contributed by atoms with E-state index in [0.717, 1.165) is 49.0 Å². The summed E-state index contributed by atoms with van der Waals surface area (Å²) >= 11 is 0. The van der Waals surface area contributed by atoms with E-state index in [1.54, 1.807) is 7.11 Å². The van der Waals surface area contributed by atoms with Crippen molar-refractivity contribution < 1.29 is 9.84 Å². The highest BCUT2D eigenvalue weighted by Gasteiger charge is 2.36. The van der Waals surface area contributed by atoms with E-state index in [-0.39, 0.29) is 12.8 Å². The van der Waals surface area contributed by atoms with Gasteiger partial charge in [0.15, 0.2) is 5.84 Å².